The third-order valence-electron chi connectivity index (χ3n) is 4.58. The van der Waals surface area contributed by atoms with Crippen LogP contribution in [0.3, 0.4) is 0 Å². The molecule has 0 unspecified atom stereocenters. The molecule has 0 atom stereocenters. The Hall–Kier alpha value is -3.36. The lowest BCUT2D eigenvalue weighted by Gasteiger charge is -2.16. The summed E-state index contributed by atoms with van der Waals surface area (Å²) in [6, 6.07) is 7.39. The fraction of sp³-hybridized carbons (Fsp3) is 0.368. The van der Waals surface area contributed by atoms with Crippen LogP contribution in [0.25, 0.3) is 11.0 Å². The molecule has 1 amide bonds. The number of methoxy groups -OCH3 is 2. The first-order valence-electron chi connectivity index (χ1n) is 9.06. The minimum absolute atomic E-state index is 0.132. The van der Waals surface area contributed by atoms with Crippen LogP contribution >= 0.6 is 0 Å². The van der Waals surface area contributed by atoms with Crippen molar-refractivity contribution in [2.75, 3.05) is 32.2 Å². The van der Waals surface area contributed by atoms with Crippen molar-refractivity contribution in [3.63, 3.8) is 0 Å². The maximum absolute atomic E-state index is 12.5. The second kappa shape index (κ2) is 7.71. The van der Waals surface area contributed by atoms with Gasteiger partial charge in [-0.05, 0) is 25.0 Å². The van der Waals surface area contributed by atoms with Crippen LogP contribution in [0, 0.1) is 0 Å². The molecule has 0 bridgehead atoms. The van der Waals surface area contributed by atoms with Crippen LogP contribution in [-0.4, -0.2) is 48.2 Å². The maximum Gasteiger partial charge on any atom is 0.321 e. The summed E-state index contributed by atoms with van der Waals surface area (Å²) in [5.74, 6) is 1.41. The van der Waals surface area contributed by atoms with E-state index in [1.54, 1.807) is 19.2 Å². The first kappa shape index (κ1) is 18.0. The van der Waals surface area contributed by atoms with E-state index < -0.39 is 0 Å². The minimum atomic E-state index is -0.361. The Morgan fingerprint density at radius 2 is 2.00 bits per heavy atom. The number of amides is 1. The van der Waals surface area contributed by atoms with Crippen molar-refractivity contribution < 1.29 is 18.7 Å². The molecule has 0 spiro atoms. The number of hydrogen-bond acceptors (Lipinski definition) is 8. The SMILES string of the molecule is COc1nc(CNC(=O)c2cc3cccc(OC)c3o2)nc(N2CCCC2)n1. The van der Waals surface area contributed by atoms with Gasteiger partial charge in [-0.2, -0.15) is 15.0 Å². The van der Waals surface area contributed by atoms with Gasteiger partial charge in [0.05, 0.1) is 20.8 Å². The highest BCUT2D eigenvalue weighted by molar-refractivity contribution is 5.97. The molecular weight excluding hydrogens is 362 g/mol. The van der Waals surface area contributed by atoms with E-state index >= 15 is 0 Å². The van der Waals surface area contributed by atoms with Gasteiger partial charge in [0.1, 0.15) is 0 Å². The highest BCUT2D eigenvalue weighted by atomic mass is 16.5. The smallest absolute Gasteiger partial charge is 0.321 e. The number of para-hydroxylation sites is 1. The Morgan fingerprint density at radius 1 is 1.18 bits per heavy atom. The zero-order valence-corrected chi connectivity index (χ0v) is 15.8. The van der Waals surface area contributed by atoms with Crippen LogP contribution in [0.15, 0.2) is 28.7 Å². The third kappa shape index (κ3) is 3.55. The number of aromatic nitrogens is 3. The lowest BCUT2D eigenvalue weighted by molar-refractivity contribution is 0.0924. The second-order valence-electron chi connectivity index (χ2n) is 6.40. The molecule has 0 saturated carbocycles. The molecule has 9 heteroatoms. The first-order chi connectivity index (χ1) is 13.7. The number of ether oxygens (including phenoxy) is 2. The van der Waals surface area contributed by atoms with Gasteiger partial charge in [0.15, 0.2) is 22.9 Å². The highest BCUT2D eigenvalue weighted by Crippen LogP contribution is 2.28. The van der Waals surface area contributed by atoms with Crippen LogP contribution in [0.2, 0.25) is 0 Å². The molecule has 9 nitrogen and oxygen atoms in total. The van der Waals surface area contributed by atoms with E-state index in [1.807, 2.05) is 12.1 Å². The van der Waals surface area contributed by atoms with E-state index in [-0.39, 0.29) is 24.2 Å². The average molecular weight is 383 g/mol. The fourth-order valence-electron chi connectivity index (χ4n) is 3.17. The van der Waals surface area contributed by atoms with Crippen LogP contribution in [-0.2, 0) is 6.54 Å². The van der Waals surface area contributed by atoms with E-state index in [1.165, 1.54) is 7.11 Å². The zero-order chi connectivity index (χ0) is 19.5. The molecule has 0 radical (unpaired) electrons. The van der Waals surface area contributed by atoms with Gasteiger partial charge >= 0.3 is 6.01 Å². The number of furan rings is 1. The monoisotopic (exact) mass is 383 g/mol. The zero-order valence-electron chi connectivity index (χ0n) is 15.8. The van der Waals surface area contributed by atoms with E-state index in [9.17, 15) is 4.79 Å². The molecule has 1 saturated heterocycles. The van der Waals surface area contributed by atoms with Gasteiger partial charge in [0.25, 0.3) is 5.91 Å². The van der Waals surface area contributed by atoms with Crippen molar-refractivity contribution in [3.8, 4) is 11.8 Å². The van der Waals surface area contributed by atoms with Crippen LogP contribution < -0.4 is 19.7 Å². The number of carbonyl (C=O) groups is 1. The van der Waals surface area contributed by atoms with Crippen LogP contribution in [0.5, 0.6) is 11.8 Å². The number of anilines is 1. The predicted octanol–water partition coefficient (Wildman–Crippen LogP) is 2.17. The molecule has 3 heterocycles. The quantitative estimate of drug-likeness (QED) is 0.691. The van der Waals surface area contributed by atoms with Gasteiger partial charge in [-0.3, -0.25) is 4.79 Å². The summed E-state index contributed by atoms with van der Waals surface area (Å²) >= 11 is 0. The largest absolute Gasteiger partial charge is 0.493 e. The first-order valence-corrected chi connectivity index (χ1v) is 9.06. The summed E-state index contributed by atoms with van der Waals surface area (Å²) in [5.41, 5.74) is 0.535. The molecule has 1 aromatic carbocycles. The van der Waals surface area contributed by atoms with Crippen molar-refractivity contribution in [1.82, 2.24) is 20.3 Å². The minimum Gasteiger partial charge on any atom is -0.493 e. The number of rotatable bonds is 6. The Balaban J connectivity index is 1.51. The van der Waals surface area contributed by atoms with Gasteiger partial charge in [0, 0.05) is 18.5 Å². The Labute approximate surface area is 161 Å². The maximum atomic E-state index is 12.5. The number of nitrogens with one attached hydrogen (secondary N) is 1. The molecule has 1 fully saturated rings. The molecule has 2 aromatic heterocycles. The Kier molecular flexibility index (Phi) is 4.96. The molecule has 1 N–H and O–H groups in total. The Bertz CT molecular complexity index is 997. The molecule has 3 aromatic rings. The van der Waals surface area contributed by atoms with Crippen LogP contribution in [0.4, 0.5) is 5.95 Å². The molecule has 1 aliphatic heterocycles. The van der Waals surface area contributed by atoms with Gasteiger partial charge in [-0.25, -0.2) is 0 Å². The molecule has 1 aliphatic rings. The number of hydrogen-bond donors (Lipinski definition) is 1. The van der Waals surface area contributed by atoms with Crippen LogP contribution in [0.1, 0.15) is 29.2 Å². The lowest BCUT2D eigenvalue weighted by atomic mass is 10.2. The second-order valence-corrected chi connectivity index (χ2v) is 6.40. The van der Waals surface area contributed by atoms with Gasteiger partial charge in [-0.1, -0.05) is 12.1 Å². The predicted molar refractivity (Wildman–Crippen MR) is 102 cm³/mol. The highest BCUT2D eigenvalue weighted by Gasteiger charge is 2.19. The van der Waals surface area contributed by atoms with E-state index in [4.69, 9.17) is 13.9 Å². The van der Waals surface area contributed by atoms with Crippen molar-refractivity contribution in [2.24, 2.45) is 0 Å². The van der Waals surface area contributed by atoms with Crippen molar-refractivity contribution in [1.29, 1.82) is 0 Å². The molecule has 28 heavy (non-hydrogen) atoms. The van der Waals surface area contributed by atoms with Crippen molar-refractivity contribution >= 4 is 22.8 Å². The number of carbonyl (C=O) groups excluding carboxylic acids is 1. The topological polar surface area (TPSA) is 103 Å². The summed E-state index contributed by atoms with van der Waals surface area (Å²) in [4.78, 5) is 27.6. The molecule has 146 valence electrons. The summed E-state index contributed by atoms with van der Waals surface area (Å²) < 4.78 is 16.1. The Morgan fingerprint density at radius 3 is 2.75 bits per heavy atom. The third-order valence-corrected chi connectivity index (χ3v) is 4.58. The molecular formula is C19H21N5O4. The van der Waals surface area contributed by atoms with Crippen molar-refractivity contribution in [3.05, 3.63) is 35.9 Å². The van der Waals surface area contributed by atoms with Gasteiger partial charge in [0.2, 0.25) is 5.95 Å². The standard InChI is InChI=1S/C19H21N5O4/c1-26-13-7-5-6-12-10-14(28-16(12)13)17(25)20-11-15-21-18(23-19(22-15)27-2)24-8-3-4-9-24/h5-7,10H,3-4,8-9,11H2,1-2H3,(H,20,25). The number of fused-ring (bicyclic) bond motifs is 1. The molecule has 4 rings (SSSR count). The number of nitrogens with zero attached hydrogens (tertiary/aromatic N) is 4. The molecule has 0 aliphatic carbocycles. The van der Waals surface area contributed by atoms with Crippen molar-refractivity contribution in [2.45, 2.75) is 19.4 Å². The van der Waals surface area contributed by atoms with Gasteiger partial charge in [-0.15, -0.1) is 0 Å². The summed E-state index contributed by atoms with van der Waals surface area (Å²) in [6.45, 7) is 1.94. The number of benzene rings is 1. The van der Waals surface area contributed by atoms with Gasteiger partial charge < -0.3 is 24.1 Å². The average Bonchev–Trinajstić information content (AvgIpc) is 3.41. The van der Waals surface area contributed by atoms with E-state index in [0.29, 0.717) is 23.1 Å². The van der Waals surface area contributed by atoms with E-state index in [2.05, 4.69) is 25.2 Å². The lowest BCUT2D eigenvalue weighted by Crippen LogP contribution is -2.26. The van der Waals surface area contributed by atoms with E-state index in [0.717, 1.165) is 31.3 Å². The summed E-state index contributed by atoms with van der Waals surface area (Å²) in [5, 5.41) is 3.58. The summed E-state index contributed by atoms with van der Waals surface area (Å²) in [7, 11) is 3.07. The fourth-order valence-corrected chi connectivity index (χ4v) is 3.17. The normalized spacial score (nSPS) is 13.7. The summed E-state index contributed by atoms with van der Waals surface area (Å²) in [6.07, 6.45) is 2.21.